The number of benzene rings is 2. The van der Waals surface area contributed by atoms with Crippen LogP contribution in [0, 0.1) is 0 Å². The van der Waals surface area contributed by atoms with Gasteiger partial charge in [0.05, 0.1) is 12.4 Å². The van der Waals surface area contributed by atoms with Gasteiger partial charge in [0.15, 0.2) is 0 Å². The van der Waals surface area contributed by atoms with Gasteiger partial charge in [-0.05, 0) is 36.6 Å². The number of aromatic nitrogens is 2. The van der Waals surface area contributed by atoms with Gasteiger partial charge in [-0.2, -0.15) is 0 Å². The van der Waals surface area contributed by atoms with Crippen molar-refractivity contribution in [1.29, 1.82) is 0 Å². The number of carbonyl (C=O) groups is 1. The van der Waals surface area contributed by atoms with Gasteiger partial charge in [-0.25, -0.2) is 9.97 Å². The van der Waals surface area contributed by atoms with Gasteiger partial charge in [0.1, 0.15) is 11.5 Å². The lowest BCUT2D eigenvalue weighted by atomic mass is 10.1. The Hall–Kier alpha value is -2.92. The zero-order valence-corrected chi connectivity index (χ0v) is 15.6. The summed E-state index contributed by atoms with van der Waals surface area (Å²) in [6, 6.07) is 15.7. The van der Waals surface area contributed by atoms with E-state index in [0.717, 1.165) is 17.7 Å². The molecule has 0 spiro atoms. The van der Waals surface area contributed by atoms with Crippen molar-refractivity contribution < 1.29 is 4.79 Å². The van der Waals surface area contributed by atoms with Crippen LogP contribution in [0.2, 0.25) is 5.02 Å². The standard InChI is InChI=1S/C21H19ClN4O/c1-14-10-15-6-3-5-9-19(15)26(14)21(27)18-12-25-20(13-23-18)24-11-16-7-2-4-8-17(16)22/h2-9,12-14H,10-11H2,1H3,(H,24,25). The lowest BCUT2D eigenvalue weighted by Gasteiger charge is -2.22. The van der Waals surface area contributed by atoms with Crippen LogP contribution in [-0.4, -0.2) is 21.9 Å². The second-order valence-electron chi connectivity index (χ2n) is 6.59. The maximum atomic E-state index is 12.9. The molecule has 1 N–H and O–H groups in total. The SMILES string of the molecule is CC1Cc2ccccc2N1C(=O)c1cnc(NCc2ccccc2Cl)cn1. The van der Waals surface area contributed by atoms with E-state index in [0.29, 0.717) is 23.1 Å². The highest BCUT2D eigenvalue weighted by Gasteiger charge is 2.31. The van der Waals surface area contributed by atoms with Gasteiger partial charge >= 0.3 is 0 Å². The average molecular weight is 379 g/mol. The van der Waals surface area contributed by atoms with Crippen LogP contribution < -0.4 is 10.2 Å². The Kier molecular flexibility index (Phi) is 4.77. The molecule has 0 radical (unpaired) electrons. The Balaban J connectivity index is 1.48. The third-order valence-electron chi connectivity index (χ3n) is 4.71. The lowest BCUT2D eigenvalue weighted by molar-refractivity contribution is 0.0976. The van der Waals surface area contributed by atoms with E-state index in [-0.39, 0.29) is 11.9 Å². The number of halogens is 1. The molecular weight excluding hydrogens is 360 g/mol. The van der Waals surface area contributed by atoms with E-state index in [1.165, 1.54) is 11.8 Å². The molecule has 1 atom stereocenters. The third kappa shape index (κ3) is 3.51. The average Bonchev–Trinajstić information content (AvgIpc) is 3.03. The quantitative estimate of drug-likeness (QED) is 0.734. The van der Waals surface area contributed by atoms with E-state index in [1.807, 2.05) is 49.4 Å². The van der Waals surface area contributed by atoms with Gasteiger partial charge in [-0.3, -0.25) is 4.79 Å². The minimum absolute atomic E-state index is 0.106. The smallest absolute Gasteiger partial charge is 0.278 e. The number of carbonyl (C=O) groups excluding carboxylic acids is 1. The van der Waals surface area contributed by atoms with Gasteiger partial charge in [0.25, 0.3) is 5.91 Å². The Bertz CT molecular complexity index is 974. The molecule has 2 aromatic carbocycles. The molecule has 5 nitrogen and oxygen atoms in total. The van der Waals surface area contributed by atoms with Crippen LogP contribution in [0.15, 0.2) is 60.9 Å². The number of nitrogens with zero attached hydrogens (tertiary/aromatic N) is 3. The molecule has 0 bridgehead atoms. The van der Waals surface area contributed by atoms with E-state index >= 15 is 0 Å². The van der Waals surface area contributed by atoms with Crippen molar-refractivity contribution in [3.8, 4) is 0 Å². The van der Waals surface area contributed by atoms with Crippen LogP contribution in [0.3, 0.4) is 0 Å². The number of amides is 1. The molecule has 1 amide bonds. The third-order valence-corrected chi connectivity index (χ3v) is 5.08. The maximum absolute atomic E-state index is 12.9. The molecule has 6 heteroatoms. The van der Waals surface area contributed by atoms with Crippen LogP contribution in [0.1, 0.15) is 28.5 Å². The van der Waals surface area contributed by atoms with Crippen molar-refractivity contribution >= 4 is 29.0 Å². The van der Waals surface area contributed by atoms with E-state index in [4.69, 9.17) is 11.6 Å². The first-order valence-electron chi connectivity index (χ1n) is 8.84. The number of fused-ring (bicyclic) bond motifs is 1. The van der Waals surface area contributed by atoms with E-state index < -0.39 is 0 Å². The normalized spacial score (nSPS) is 15.5. The first-order chi connectivity index (χ1) is 13.1. The Morgan fingerprint density at radius 1 is 1.15 bits per heavy atom. The highest BCUT2D eigenvalue weighted by atomic mass is 35.5. The monoisotopic (exact) mass is 378 g/mol. The summed E-state index contributed by atoms with van der Waals surface area (Å²) in [5, 5.41) is 3.88. The first-order valence-corrected chi connectivity index (χ1v) is 9.22. The minimum atomic E-state index is -0.127. The number of rotatable bonds is 4. The van der Waals surface area contributed by atoms with Crippen LogP contribution in [0.5, 0.6) is 0 Å². The summed E-state index contributed by atoms with van der Waals surface area (Å²) in [6.45, 7) is 2.59. The van der Waals surface area contributed by atoms with Crippen LogP contribution in [0.25, 0.3) is 0 Å². The number of hydrogen-bond donors (Lipinski definition) is 1. The summed E-state index contributed by atoms with van der Waals surface area (Å²) < 4.78 is 0. The van der Waals surface area contributed by atoms with Crippen molar-refractivity contribution in [2.75, 3.05) is 10.2 Å². The second-order valence-corrected chi connectivity index (χ2v) is 7.00. The van der Waals surface area contributed by atoms with Gasteiger partial charge in [0, 0.05) is 23.3 Å². The predicted molar refractivity (Wildman–Crippen MR) is 107 cm³/mol. The van der Waals surface area contributed by atoms with Crippen LogP contribution in [0.4, 0.5) is 11.5 Å². The van der Waals surface area contributed by atoms with Gasteiger partial charge in [-0.15, -0.1) is 0 Å². The summed E-state index contributed by atoms with van der Waals surface area (Å²) in [7, 11) is 0. The molecule has 1 unspecified atom stereocenters. The lowest BCUT2D eigenvalue weighted by Crippen LogP contribution is -2.36. The molecule has 27 heavy (non-hydrogen) atoms. The highest BCUT2D eigenvalue weighted by molar-refractivity contribution is 6.31. The molecule has 1 aromatic heterocycles. The summed E-state index contributed by atoms with van der Waals surface area (Å²) in [5.41, 5.74) is 3.45. The molecule has 0 saturated carbocycles. The van der Waals surface area contributed by atoms with Crippen molar-refractivity contribution in [1.82, 2.24) is 9.97 Å². The summed E-state index contributed by atoms with van der Waals surface area (Å²) in [5.74, 6) is 0.471. The molecule has 1 aliphatic rings. The van der Waals surface area contributed by atoms with Crippen LogP contribution in [-0.2, 0) is 13.0 Å². The van der Waals surface area contributed by atoms with Crippen molar-refractivity contribution in [3.05, 3.63) is 82.8 Å². The Morgan fingerprint density at radius 2 is 1.93 bits per heavy atom. The van der Waals surface area contributed by atoms with Gasteiger partial charge < -0.3 is 10.2 Å². The van der Waals surface area contributed by atoms with Crippen LogP contribution >= 0.6 is 11.6 Å². The highest BCUT2D eigenvalue weighted by Crippen LogP contribution is 2.32. The molecule has 0 saturated heterocycles. The Morgan fingerprint density at radius 3 is 2.70 bits per heavy atom. The molecule has 3 aromatic rings. The molecule has 1 aliphatic heterocycles. The van der Waals surface area contributed by atoms with Crippen molar-refractivity contribution in [3.63, 3.8) is 0 Å². The van der Waals surface area contributed by atoms with E-state index in [9.17, 15) is 4.79 Å². The molecule has 4 rings (SSSR count). The summed E-state index contributed by atoms with van der Waals surface area (Å²) in [4.78, 5) is 23.4. The van der Waals surface area contributed by atoms with Gasteiger partial charge in [0.2, 0.25) is 0 Å². The molecule has 0 fully saturated rings. The first kappa shape index (κ1) is 17.5. The second kappa shape index (κ2) is 7.37. The van der Waals surface area contributed by atoms with Gasteiger partial charge in [-0.1, -0.05) is 48.0 Å². The van der Waals surface area contributed by atoms with Crippen molar-refractivity contribution in [2.45, 2.75) is 25.9 Å². The fourth-order valence-corrected chi connectivity index (χ4v) is 3.56. The summed E-state index contributed by atoms with van der Waals surface area (Å²) in [6.07, 6.45) is 3.95. The molecule has 2 heterocycles. The minimum Gasteiger partial charge on any atom is -0.365 e. The Labute approximate surface area is 163 Å². The predicted octanol–water partition coefficient (Wildman–Crippen LogP) is 4.33. The molecule has 136 valence electrons. The topological polar surface area (TPSA) is 58.1 Å². The number of hydrogen-bond acceptors (Lipinski definition) is 4. The fraction of sp³-hybridized carbons (Fsp3) is 0.190. The number of para-hydroxylation sites is 1. The maximum Gasteiger partial charge on any atom is 0.278 e. The van der Waals surface area contributed by atoms with E-state index in [1.54, 1.807) is 11.1 Å². The van der Waals surface area contributed by atoms with E-state index in [2.05, 4.69) is 21.4 Å². The zero-order chi connectivity index (χ0) is 18.8. The summed E-state index contributed by atoms with van der Waals surface area (Å²) >= 11 is 6.16. The molecular formula is C21H19ClN4O. The number of anilines is 2. The largest absolute Gasteiger partial charge is 0.365 e. The zero-order valence-electron chi connectivity index (χ0n) is 14.9. The molecule has 0 aliphatic carbocycles. The fourth-order valence-electron chi connectivity index (χ4n) is 3.36. The van der Waals surface area contributed by atoms with Crippen molar-refractivity contribution in [2.24, 2.45) is 0 Å². The number of nitrogens with one attached hydrogen (secondary N) is 1.